The predicted molar refractivity (Wildman–Crippen MR) is 49.4 cm³/mol. The van der Waals surface area contributed by atoms with Crippen molar-refractivity contribution < 1.29 is 0 Å². The monoisotopic (exact) mass is 155 g/mol. The first-order valence-corrected chi connectivity index (χ1v) is 5.08. The Morgan fingerprint density at radius 2 is 1.91 bits per heavy atom. The van der Waals surface area contributed by atoms with Crippen molar-refractivity contribution in [3.8, 4) is 0 Å². The number of rotatable bonds is 6. The molecular weight excluding hydrogens is 134 g/mol. The standard InChI is InChI=1S/C10H21N/c1-2-5-9-8-10(9)6-3-4-7-11/h9-10H,2-8,11H2,1H3. The quantitative estimate of drug-likeness (QED) is 0.586. The van der Waals surface area contributed by atoms with Gasteiger partial charge in [0.1, 0.15) is 0 Å². The van der Waals surface area contributed by atoms with Crippen LogP contribution < -0.4 is 5.73 Å². The highest BCUT2D eigenvalue weighted by atomic mass is 14.5. The van der Waals surface area contributed by atoms with Crippen LogP contribution in [0.1, 0.15) is 45.4 Å². The summed E-state index contributed by atoms with van der Waals surface area (Å²) >= 11 is 0. The molecule has 0 aromatic carbocycles. The zero-order chi connectivity index (χ0) is 8.10. The van der Waals surface area contributed by atoms with Gasteiger partial charge in [-0.1, -0.05) is 32.6 Å². The number of hydrogen-bond donors (Lipinski definition) is 1. The van der Waals surface area contributed by atoms with Crippen molar-refractivity contribution in [1.82, 2.24) is 0 Å². The number of unbranched alkanes of at least 4 members (excludes halogenated alkanes) is 1. The van der Waals surface area contributed by atoms with Crippen molar-refractivity contribution in [2.45, 2.75) is 45.4 Å². The second-order valence-electron chi connectivity index (χ2n) is 3.83. The largest absolute Gasteiger partial charge is 0.330 e. The van der Waals surface area contributed by atoms with Gasteiger partial charge < -0.3 is 5.73 Å². The van der Waals surface area contributed by atoms with Crippen molar-refractivity contribution in [3.05, 3.63) is 0 Å². The van der Waals surface area contributed by atoms with Gasteiger partial charge in [-0.25, -0.2) is 0 Å². The van der Waals surface area contributed by atoms with E-state index < -0.39 is 0 Å². The predicted octanol–water partition coefficient (Wildman–Crippen LogP) is 2.55. The molecular formula is C10H21N. The zero-order valence-corrected chi connectivity index (χ0v) is 7.68. The molecule has 0 saturated heterocycles. The van der Waals surface area contributed by atoms with E-state index in [2.05, 4.69) is 6.92 Å². The topological polar surface area (TPSA) is 26.0 Å². The second kappa shape index (κ2) is 4.76. The Morgan fingerprint density at radius 1 is 1.18 bits per heavy atom. The van der Waals surface area contributed by atoms with Gasteiger partial charge in [-0.3, -0.25) is 0 Å². The van der Waals surface area contributed by atoms with Crippen LogP contribution in [-0.4, -0.2) is 6.54 Å². The maximum absolute atomic E-state index is 5.43. The van der Waals surface area contributed by atoms with Crippen LogP contribution in [-0.2, 0) is 0 Å². The molecule has 1 rings (SSSR count). The SMILES string of the molecule is CCCC1CC1CCCCN. The van der Waals surface area contributed by atoms with E-state index in [0.717, 1.165) is 18.4 Å². The molecule has 2 unspecified atom stereocenters. The van der Waals surface area contributed by atoms with Gasteiger partial charge in [-0.05, 0) is 31.2 Å². The Bertz CT molecular complexity index is 101. The summed E-state index contributed by atoms with van der Waals surface area (Å²) in [5.74, 6) is 2.18. The Hall–Kier alpha value is -0.0400. The maximum Gasteiger partial charge on any atom is -0.00773 e. The van der Waals surface area contributed by atoms with Gasteiger partial charge in [0.2, 0.25) is 0 Å². The van der Waals surface area contributed by atoms with Crippen molar-refractivity contribution in [3.63, 3.8) is 0 Å². The minimum atomic E-state index is 0.880. The molecule has 1 nitrogen and oxygen atoms in total. The lowest BCUT2D eigenvalue weighted by molar-refractivity contribution is 0.566. The third-order valence-corrected chi connectivity index (χ3v) is 2.76. The van der Waals surface area contributed by atoms with Crippen LogP contribution in [0.25, 0.3) is 0 Å². The normalized spacial score (nSPS) is 28.9. The molecule has 11 heavy (non-hydrogen) atoms. The van der Waals surface area contributed by atoms with Crippen LogP contribution in [0, 0.1) is 11.8 Å². The van der Waals surface area contributed by atoms with Gasteiger partial charge in [-0.15, -0.1) is 0 Å². The summed E-state index contributed by atoms with van der Waals surface area (Å²) < 4.78 is 0. The van der Waals surface area contributed by atoms with Gasteiger partial charge in [0, 0.05) is 0 Å². The van der Waals surface area contributed by atoms with E-state index in [9.17, 15) is 0 Å². The zero-order valence-electron chi connectivity index (χ0n) is 7.68. The molecule has 1 saturated carbocycles. The van der Waals surface area contributed by atoms with Crippen molar-refractivity contribution in [1.29, 1.82) is 0 Å². The molecule has 2 N–H and O–H groups in total. The Balaban J connectivity index is 1.87. The second-order valence-corrected chi connectivity index (χ2v) is 3.83. The van der Waals surface area contributed by atoms with E-state index in [1.54, 1.807) is 0 Å². The fourth-order valence-electron chi connectivity index (χ4n) is 1.94. The van der Waals surface area contributed by atoms with Crippen molar-refractivity contribution in [2.24, 2.45) is 17.6 Å². The molecule has 2 atom stereocenters. The van der Waals surface area contributed by atoms with Gasteiger partial charge in [0.05, 0.1) is 0 Å². The molecule has 1 heteroatoms. The van der Waals surface area contributed by atoms with Crippen LogP contribution in [0.3, 0.4) is 0 Å². The van der Waals surface area contributed by atoms with E-state index in [1.807, 2.05) is 0 Å². The van der Waals surface area contributed by atoms with Crippen LogP contribution in [0.4, 0.5) is 0 Å². The summed E-state index contributed by atoms with van der Waals surface area (Å²) in [7, 11) is 0. The lowest BCUT2D eigenvalue weighted by Crippen LogP contribution is -1.98. The van der Waals surface area contributed by atoms with E-state index in [1.165, 1.54) is 38.5 Å². The minimum absolute atomic E-state index is 0.880. The molecule has 66 valence electrons. The highest BCUT2D eigenvalue weighted by Gasteiger charge is 2.34. The minimum Gasteiger partial charge on any atom is -0.330 e. The Labute approximate surface area is 70.4 Å². The summed E-state index contributed by atoms with van der Waals surface area (Å²) in [6.07, 6.45) is 8.39. The fourth-order valence-corrected chi connectivity index (χ4v) is 1.94. The first-order valence-electron chi connectivity index (χ1n) is 5.08. The molecule has 0 amide bonds. The molecule has 0 spiro atoms. The molecule has 1 aliphatic carbocycles. The van der Waals surface area contributed by atoms with Crippen LogP contribution in [0.2, 0.25) is 0 Å². The van der Waals surface area contributed by atoms with Gasteiger partial charge in [0.25, 0.3) is 0 Å². The third-order valence-electron chi connectivity index (χ3n) is 2.76. The molecule has 0 radical (unpaired) electrons. The molecule has 1 aliphatic rings. The lowest BCUT2D eigenvalue weighted by Gasteiger charge is -1.97. The summed E-state index contributed by atoms with van der Waals surface area (Å²) in [6.45, 7) is 3.17. The summed E-state index contributed by atoms with van der Waals surface area (Å²) in [5, 5.41) is 0. The lowest BCUT2D eigenvalue weighted by atomic mass is 10.1. The maximum atomic E-state index is 5.43. The van der Waals surface area contributed by atoms with Crippen LogP contribution in [0.5, 0.6) is 0 Å². The third kappa shape index (κ3) is 3.24. The number of nitrogens with two attached hydrogens (primary N) is 1. The average molecular weight is 155 g/mol. The number of hydrogen-bond acceptors (Lipinski definition) is 1. The van der Waals surface area contributed by atoms with Gasteiger partial charge in [0.15, 0.2) is 0 Å². The van der Waals surface area contributed by atoms with Crippen molar-refractivity contribution >= 4 is 0 Å². The molecule has 0 aromatic heterocycles. The van der Waals surface area contributed by atoms with E-state index >= 15 is 0 Å². The molecule has 0 aliphatic heterocycles. The summed E-state index contributed by atoms with van der Waals surface area (Å²) in [6, 6.07) is 0. The van der Waals surface area contributed by atoms with E-state index in [0.29, 0.717) is 0 Å². The van der Waals surface area contributed by atoms with Gasteiger partial charge >= 0.3 is 0 Å². The highest BCUT2D eigenvalue weighted by Crippen LogP contribution is 2.45. The first kappa shape index (κ1) is 9.05. The van der Waals surface area contributed by atoms with E-state index in [-0.39, 0.29) is 0 Å². The average Bonchev–Trinajstić information content (AvgIpc) is 2.70. The van der Waals surface area contributed by atoms with E-state index in [4.69, 9.17) is 5.73 Å². The summed E-state index contributed by atoms with van der Waals surface area (Å²) in [5.41, 5.74) is 5.43. The molecule has 0 heterocycles. The highest BCUT2D eigenvalue weighted by molar-refractivity contribution is 4.85. The Kier molecular flexibility index (Phi) is 3.92. The summed E-state index contributed by atoms with van der Waals surface area (Å²) in [4.78, 5) is 0. The van der Waals surface area contributed by atoms with Crippen molar-refractivity contribution in [2.75, 3.05) is 6.54 Å². The molecule has 1 fully saturated rings. The smallest absolute Gasteiger partial charge is 0.00773 e. The first-order chi connectivity index (χ1) is 5.38. The van der Waals surface area contributed by atoms with Crippen LogP contribution in [0.15, 0.2) is 0 Å². The molecule has 0 aromatic rings. The molecule has 0 bridgehead atoms. The fraction of sp³-hybridized carbons (Fsp3) is 1.00. The van der Waals surface area contributed by atoms with Gasteiger partial charge in [-0.2, -0.15) is 0 Å². The van der Waals surface area contributed by atoms with Crippen LogP contribution >= 0.6 is 0 Å². The Morgan fingerprint density at radius 3 is 2.55 bits per heavy atom.